The van der Waals surface area contributed by atoms with Crippen molar-refractivity contribution in [2.75, 3.05) is 23.9 Å². The van der Waals surface area contributed by atoms with Crippen molar-refractivity contribution in [3.05, 3.63) is 95.6 Å². The summed E-state index contributed by atoms with van der Waals surface area (Å²) in [6.07, 6.45) is 3.12. The Hall–Kier alpha value is -4.00. The Morgan fingerprint density at radius 3 is 2.16 bits per heavy atom. The summed E-state index contributed by atoms with van der Waals surface area (Å²) in [6.45, 7) is 0. The first-order valence-electron chi connectivity index (χ1n) is 9.62. The number of ketones is 1. The fraction of sp³-hybridized carbons (Fsp3) is 0.125. The van der Waals surface area contributed by atoms with Gasteiger partial charge in [-0.2, -0.15) is 0 Å². The maximum Gasteiger partial charge on any atom is 0.300 e. The van der Waals surface area contributed by atoms with Crippen LogP contribution in [0.4, 0.5) is 15.8 Å². The van der Waals surface area contributed by atoms with Crippen molar-refractivity contribution >= 4 is 28.8 Å². The van der Waals surface area contributed by atoms with E-state index in [1.807, 2.05) is 31.1 Å². The van der Waals surface area contributed by atoms with E-state index in [4.69, 9.17) is 0 Å². The van der Waals surface area contributed by atoms with Crippen molar-refractivity contribution in [2.24, 2.45) is 0 Å². The van der Waals surface area contributed by atoms with E-state index in [1.165, 1.54) is 29.2 Å². The molecule has 2 heterocycles. The highest BCUT2D eigenvalue weighted by molar-refractivity contribution is 6.51. The number of aliphatic hydroxyl groups excluding tert-OH is 1. The van der Waals surface area contributed by atoms with E-state index < -0.39 is 23.5 Å². The number of aromatic nitrogens is 1. The molecule has 6 nitrogen and oxygen atoms in total. The highest BCUT2D eigenvalue weighted by Crippen LogP contribution is 2.42. The Labute approximate surface area is 178 Å². The summed E-state index contributed by atoms with van der Waals surface area (Å²) in [5.74, 6) is -2.38. The van der Waals surface area contributed by atoms with Crippen LogP contribution in [-0.2, 0) is 9.59 Å². The molecule has 31 heavy (non-hydrogen) atoms. The number of amides is 1. The molecular weight excluding hydrogens is 397 g/mol. The lowest BCUT2D eigenvalue weighted by Crippen LogP contribution is -2.29. The molecule has 1 unspecified atom stereocenters. The van der Waals surface area contributed by atoms with Gasteiger partial charge in [-0.25, -0.2) is 4.39 Å². The van der Waals surface area contributed by atoms with E-state index in [0.29, 0.717) is 11.3 Å². The van der Waals surface area contributed by atoms with Crippen molar-refractivity contribution in [1.82, 2.24) is 4.98 Å². The Bertz CT molecular complexity index is 1160. The maximum atomic E-state index is 13.3. The lowest BCUT2D eigenvalue weighted by Gasteiger charge is -2.26. The van der Waals surface area contributed by atoms with Crippen LogP contribution in [0.25, 0.3) is 5.76 Å². The molecule has 0 saturated carbocycles. The second kappa shape index (κ2) is 8.02. The summed E-state index contributed by atoms with van der Waals surface area (Å²) in [4.78, 5) is 33.4. The molecule has 1 saturated heterocycles. The topological polar surface area (TPSA) is 73.7 Å². The summed E-state index contributed by atoms with van der Waals surface area (Å²) in [7, 11) is 3.81. The summed E-state index contributed by atoms with van der Waals surface area (Å²) in [5, 5.41) is 10.9. The molecule has 7 heteroatoms. The van der Waals surface area contributed by atoms with Crippen LogP contribution in [0, 0.1) is 5.82 Å². The van der Waals surface area contributed by atoms with Crippen molar-refractivity contribution < 1.29 is 19.1 Å². The zero-order chi connectivity index (χ0) is 22.1. The number of Topliss-reactive ketones (excluding diaryl/α,β-unsaturated/α-hetero) is 1. The quantitative estimate of drug-likeness (QED) is 0.396. The van der Waals surface area contributed by atoms with Gasteiger partial charge in [-0.15, -0.1) is 0 Å². The fourth-order valence-corrected chi connectivity index (χ4v) is 3.63. The van der Waals surface area contributed by atoms with Gasteiger partial charge < -0.3 is 10.0 Å². The molecule has 4 rings (SSSR count). The summed E-state index contributed by atoms with van der Waals surface area (Å²) in [5.41, 5.74) is 2.27. The van der Waals surface area contributed by atoms with E-state index in [0.717, 1.165) is 5.69 Å². The standard InChI is InChI=1S/C24H20FN3O3/c1-27(2)18-7-9-19(10-8-18)28-21(15-11-13-26-14-12-15)20(23(30)24(28)31)22(29)16-3-5-17(25)6-4-16/h3-14,21,29H,1-2H3/b22-20+. The highest BCUT2D eigenvalue weighted by atomic mass is 19.1. The van der Waals surface area contributed by atoms with Crippen LogP contribution in [0.2, 0.25) is 0 Å². The van der Waals surface area contributed by atoms with Crippen LogP contribution in [-0.4, -0.2) is 35.9 Å². The predicted molar refractivity (Wildman–Crippen MR) is 116 cm³/mol. The fourth-order valence-electron chi connectivity index (χ4n) is 3.63. The second-order valence-corrected chi connectivity index (χ2v) is 7.37. The molecule has 1 amide bonds. The number of carbonyl (C=O) groups excluding carboxylic acids is 2. The van der Waals surface area contributed by atoms with Gasteiger partial charge in [0.25, 0.3) is 11.7 Å². The number of carbonyl (C=O) groups is 2. The van der Waals surface area contributed by atoms with Gasteiger partial charge in [-0.1, -0.05) is 0 Å². The first-order valence-corrected chi connectivity index (χ1v) is 9.62. The van der Waals surface area contributed by atoms with E-state index >= 15 is 0 Å². The summed E-state index contributed by atoms with van der Waals surface area (Å²) in [6, 6.07) is 14.8. The number of rotatable bonds is 4. The highest BCUT2D eigenvalue weighted by Gasteiger charge is 2.46. The van der Waals surface area contributed by atoms with Gasteiger partial charge in [-0.3, -0.25) is 19.5 Å². The molecule has 1 aliphatic rings. The number of anilines is 2. The average molecular weight is 417 g/mol. The van der Waals surface area contributed by atoms with Gasteiger partial charge >= 0.3 is 0 Å². The average Bonchev–Trinajstić information content (AvgIpc) is 3.05. The lowest BCUT2D eigenvalue weighted by atomic mass is 9.96. The number of benzene rings is 2. The van der Waals surface area contributed by atoms with Crippen LogP contribution in [0.15, 0.2) is 78.6 Å². The molecule has 1 aliphatic heterocycles. The van der Waals surface area contributed by atoms with E-state index in [2.05, 4.69) is 4.98 Å². The molecule has 0 radical (unpaired) electrons. The van der Waals surface area contributed by atoms with Crippen LogP contribution < -0.4 is 9.80 Å². The lowest BCUT2D eigenvalue weighted by molar-refractivity contribution is -0.132. The molecule has 0 aliphatic carbocycles. The number of pyridine rings is 1. The minimum absolute atomic E-state index is 0.0560. The SMILES string of the molecule is CN(C)c1ccc(N2C(=O)C(=O)/C(=C(/O)c3ccc(F)cc3)C2c2ccncc2)cc1. The third-order valence-electron chi connectivity index (χ3n) is 5.23. The molecule has 1 atom stereocenters. The molecule has 1 fully saturated rings. The van der Waals surface area contributed by atoms with E-state index in [-0.39, 0.29) is 16.9 Å². The van der Waals surface area contributed by atoms with Gasteiger partial charge in [0.15, 0.2) is 0 Å². The third-order valence-corrected chi connectivity index (χ3v) is 5.23. The number of nitrogens with zero attached hydrogens (tertiary/aromatic N) is 3. The van der Waals surface area contributed by atoms with Crippen LogP contribution in [0.1, 0.15) is 17.2 Å². The second-order valence-electron chi connectivity index (χ2n) is 7.37. The maximum absolute atomic E-state index is 13.3. The van der Waals surface area contributed by atoms with Gasteiger partial charge in [0.2, 0.25) is 0 Å². The van der Waals surface area contributed by atoms with Crippen molar-refractivity contribution in [1.29, 1.82) is 0 Å². The largest absolute Gasteiger partial charge is 0.507 e. The zero-order valence-electron chi connectivity index (χ0n) is 17.0. The van der Waals surface area contributed by atoms with Gasteiger partial charge in [0.05, 0.1) is 11.6 Å². The molecular formula is C24H20FN3O3. The summed E-state index contributed by atoms with van der Waals surface area (Å²) < 4.78 is 13.3. The molecule has 0 bridgehead atoms. The Kier molecular flexibility index (Phi) is 5.25. The zero-order valence-corrected chi connectivity index (χ0v) is 17.0. The van der Waals surface area contributed by atoms with Crippen molar-refractivity contribution in [3.8, 4) is 0 Å². The monoisotopic (exact) mass is 417 g/mol. The number of hydrogen-bond acceptors (Lipinski definition) is 5. The van der Waals surface area contributed by atoms with Crippen LogP contribution in [0.5, 0.6) is 0 Å². The first-order chi connectivity index (χ1) is 14.9. The van der Waals surface area contributed by atoms with E-state index in [1.54, 1.807) is 36.7 Å². The van der Waals surface area contributed by atoms with Gasteiger partial charge in [0, 0.05) is 43.4 Å². The Balaban J connectivity index is 1.89. The molecule has 1 N–H and O–H groups in total. The van der Waals surface area contributed by atoms with Crippen molar-refractivity contribution in [3.63, 3.8) is 0 Å². The minimum atomic E-state index is -0.849. The Morgan fingerprint density at radius 1 is 0.968 bits per heavy atom. The molecule has 156 valence electrons. The number of hydrogen-bond donors (Lipinski definition) is 1. The number of halogens is 1. The van der Waals surface area contributed by atoms with Crippen LogP contribution >= 0.6 is 0 Å². The molecule has 1 aromatic heterocycles. The number of aliphatic hydroxyl groups is 1. The molecule has 2 aromatic carbocycles. The minimum Gasteiger partial charge on any atom is -0.507 e. The summed E-state index contributed by atoms with van der Waals surface area (Å²) >= 11 is 0. The third kappa shape index (κ3) is 3.66. The van der Waals surface area contributed by atoms with Gasteiger partial charge in [-0.05, 0) is 66.2 Å². The Morgan fingerprint density at radius 2 is 1.58 bits per heavy atom. The molecule has 3 aromatic rings. The first kappa shape index (κ1) is 20.3. The molecule has 0 spiro atoms. The van der Waals surface area contributed by atoms with E-state index in [9.17, 15) is 19.1 Å². The van der Waals surface area contributed by atoms with Crippen LogP contribution in [0.3, 0.4) is 0 Å². The smallest absolute Gasteiger partial charge is 0.300 e. The van der Waals surface area contributed by atoms with Gasteiger partial charge in [0.1, 0.15) is 11.6 Å². The predicted octanol–water partition coefficient (Wildman–Crippen LogP) is 3.91. The van der Waals surface area contributed by atoms with Crippen molar-refractivity contribution in [2.45, 2.75) is 6.04 Å². The normalized spacial score (nSPS) is 17.8.